The Morgan fingerprint density at radius 2 is 1.90 bits per heavy atom. The highest BCUT2D eigenvalue weighted by atomic mass is 35.5. The fourth-order valence-electron chi connectivity index (χ4n) is 3.69. The molecule has 2 aromatic rings. The molecule has 162 valence electrons. The van der Waals surface area contributed by atoms with Gasteiger partial charge in [0.05, 0.1) is 11.1 Å². The summed E-state index contributed by atoms with van der Waals surface area (Å²) in [7, 11) is 0. The topological polar surface area (TPSA) is 95.7 Å². The van der Waals surface area contributed by atoms with Crippen LogP contribution in [-0.2, 0) is 11.3 Å². The van der Waals surface area contributed by atoms with Crippen molar-refractivity contribution in [2.75, 3.05) is 11.4 Å². The van der Waals surface area contributed by atoms with E-state index in [9.17, 15) is 18.8 Å². The van der Waals surface area contributed by atoms with Crippen molar-refractivity contribution >= 4 is 35.1 Å². The smallest absolute Gasteiger partial charge is 0.318 e. The van der Waals surface area contributed by atoms with E-state index in [4.69, 9.17) is 17.3 Å². The van der Waals surface area contributed by atoms with E-state index in [1.165, 1.54) is 17.0 Å². The lowest BCUT2D eigenvalue weighted by Crippen LogP contribution is -2.46. The largest absolute Gasteiger partial charge is 0.366 e. The van der Waals surface area contributed by atoms with Gasteiger partial charge in [-0.05, 0) is 48.7 Å². The van der Waals surface area contributed by atoms with Crippen molar-refractivity contribution in [2.45, 2.75) is 37.9 Å². The number of primary amides is 1. The van der Waals surface area contributed by atoms with Gasteiger partial charge in [-0.15, -0.1) is 0 Å². The van der Waals surface area contributed by atoms with Crippen molar-refractivity contribution < 1.29 is 18.8 Å². The SMILES string of the molecule is NC(=O)c1ccc(CN(C(=O)NC2CC(=O)N(c3ccc(Cl)c(F)c3)C2)C2CC2)cc1. The van der Waals surface area contributed by atoms with Crippen LogP contribution in [-0.4, -0.2) is 41.4 Å². The lowest BCUT2D eigenvalue weighted by Gasteiger charge is -2.25. The first kappa shape index (κ1) is 21.1. The molecule has 31 heavy (non-hydrogen) atoms. The van der Waals surface area contributed by atoms with E-state index in [-0.39, 0.29) is 42.0 Å². The summed E-state index contributed by atoms with van der Waals surface area (Å²) in [6, 6.07) is 10.6. The summed E-state index contributed by atoms with van der Waals surface area (Å²) in [5.41, 5.74) is 6.98. The van der Waals surface area contributed by atoms with Crippen LogP contribution in [0.1, 0.15) is 35.2 Å². The first-order valence-corrected chi connectivity index (χ1v) is 10.4. The summed E-state index contributed by atoms with van der Waals surface area (Å²) >= 11 is 5.72. The van der Waals surface area contributed by atoms with Gasteiger partial charge in [0.25, 0.3) is 0 Å². The molecule has 1 saturated carbocycles. The average Bonchev–Trinajstić information content (AvgIpc) is 3.51. The molecule has 3 N–H and O–H groups in total. The van der Waals surface area contributed by atoms with Crippen molar-refractivity contribution in [1.29, 1.82) is 0 Å². The van der Waals surface area contributed by atoms with E-state index in [0.717, 1.165) is 18.4 Å². The Morgan fingerprint density at radius 3 is 2.52 bits per heavy atom. The second-order valence-electron chi connectivity index (χ2n) is 7.87. The van der Waals surface area contributed by atoms with Crippen LogP contribution in [0.4, 0.5) is 14.9 Å². The van der Waals surface area contributed by atoms with Gasteiger partial charge < -0.3 is 20.9 Å². The molecule has 0 bridgehead atoms. The van der Waals surface area contributed by atoms with Crippen LogP contribution < -0.4 is 16.0 Å². The molecule has 0 radical (unpaired) electrons. The minimum Gasteiger partial charge on any atom is -0.366 e. The summed E-state index contributed by atoms with van der Waals surface area (Å²) in [6.07, 6.45) is 1.99. The van der Waals surface area contributed by atoms with Crippen molar-refractivity contribution in [2.24, 2.45) is 5.73 Å². The van der Waals surface area contributed by atoms with Crippen molar-refractivity contribution in [3.8, 4) is 0 Å². The second-order valence-corrected chi connectivity index (χ2v) is 8.28. The van der Waals surface area contributed by atoms with Gasteiger partial charge in [-0.25, -0.2) is 9.18 Å². The normalized spacial score (nSPS) is 18.2. The Bertz CT molecular complexity index is 1030. The number of carbonyl (C=O) groups excluding carboxylic acids is 3. The fourth-order valence-corrected chi connectivity index (χ4v) is 3.81. The zero-order chi connectivity index (χ0) is 22.1. The number of halogens is 2. The van der Waals surface area contributed by atoms with Crippen LogP contribution >= 0.6 is 11.6 Å². The monoisotopic (exact) mass is 444 g/mol. The number of hydrogen-bond acceptors (Lipinski definition) is 3. The number of benzene rings is 2. The minimum atomic E-state index is -0.596. The first-order valence-electron chi connectivity index (χ1n) is 10.0. The summed E-state index contributed by atoms with van der Waals surface area (Å²) in [5, 5.41) is 2.93. The quantitative estimate of drug-likeness (QED) is 0.716. The van der Waals surface area contributed by atoms with Gasteiger partial charge in [0, 0.05) is 36.8 Å². The summed E-state index contributed by atoms with van der Waals surface area (Å²) in [5.74, 6) is -1.28. The highest BCUT2D eigenvalue weighted by molar-refractivity contribution is 6.30. The van der Waals surface area contributed by atoms with Gasteiger partial charge in [-0.3, -0.25) is 9.59 Å². The number of nitrogens with one attached hydrogen (secondary N) is 1. The van der Waals surface area contributed by atoms with Crippen LogP contribution in [0.5, 0.6) is 0 Å². The van der Waals surface area contributed by atoms with E-state index in [2.05, 4.69) is 5.32 Å². The van der Waals surface area contributed by atoms with E-state index < -0.39 is 11.7 Å². The third-order valence-corrected chi connectivity index (χ3v) is 5.81. The lowest BCUT2D eigenvalue weighted by atomic mass is 10.1. The second kappa shape index (κ2) is 8.55. The van der Waals surface area contributed by atoms with Crippen molar-refractivity contribution in [3.05, 3.63) is 64.4 Å². The summed E-state index contributed by atoms with van der Waals surface area (Å²) in [6.45, 7) is 0.653. The Balaban J connectivity index is 1.40. The Kier molecular flexibility index (Phi) is 5.82. The van der Waals surface area contributed by atoms with E-state index in [0.29, 0.717) is 17.8 Å². The molecule has 0 spiro atoms. The van der Waals surface area contributed by atoms with Gasteiger partial charge in [0.15, 0.2) is 0 Å². The predicted octanol–water partition coefficient (Wildman–Crippen LogP) is 3.06. The number of urea groups is 1. The van der Waals surface area contributed by atoms with Crippen LogP contribution in [0, 0.1) is 5.82 Å². The van der Waals surface area contributed by atoms with E-state index >= 15 is 0 Å². The van der Waals surface area contributed by atoms with Crippen LogP contribution in [0.2, 0.25) is 5.02 Å². The van der Waals surface area contributed by atoms with Crippen LogP contribution in [0.3, 0.4) is 0 Å². The number of hydrogen-bond donors (Lipinski definition) is 2. The van der Waals surface area contributed by atoms with Crippen molar-refractivity contribution in [3.63, 3.8) is 0 Å². The lowest BCUT2D eigenvalue weighted by molar-refractivity contribution is -0.117. The highest BCUT2D eigenvalue weighted by Gasteiger charge is 2.36. The number of anilines is 1. The van der Waals surface area contributed by atoms with Crippen molar-refractivity contribution in [1.82, 2.24) is 10.2 Å². The number of rotatable bonds is 6. The molecule has 7 nitrogen and oxygen atoms in total. The molecular formula is C22H22ClFN4O3. The molecule has 1 saturated heterocycles. The van der Waals surface area contributed by atoms with Gasteiger partial charge in [-0.1, -0.05) is 23.7 Å². The van der Waals surface area contributed by atoms with E-state index in [1.54, 1.807) is 35.2 Å². The number of nitrogens with two attached hydrogens (primary N) is 1. The minimum absolute atomic E-state index is 0.0100. The zero-order valence-corrected chi connectivity index (χ0v) is 17.4. The highest BCUT2D eigenvalue weighted by Crippen LogP contribution is 2.29. The molecule has 9 heteroatoms. The molecule has 4 rings (SSSR count). The maximum atomic E-state index is 13.8. The average molecular weight is 445 g/mol. The first-order chi connectivity index (χ1) is 14.8. The molecule has 0 aromatic heterocycles. The van der Waals surface area contributed by atoms with Gasteiger partial charge in [-0.2, -0.15) is 0 Å². The summed E-state index contributed by atoms with van der Waals surface area (Å²) in [4.78, 5) is 39.8. The molecule has 1 heterocycles. The van der Waals surface area contributed by atoms with Gasteiger partial charge in [0.2, 0.25) is 11.8 Å². The van der Waals surface area contributed by atoms with Crippen LogP contribution in [0.25, 0.3) is 0 Å². The molecule has 2 fully saturated rings. The van der Waals surface area contributed by atoms with Gasteiger partial charge in [0.1, 0.15) is 5.82 Å². The molecule has 4 amide bonds. The molecule has 1 aliphatic heterocycles. The van der Waals surface area contributed by atoms with Gasteiger partial charge >= 0.3 is 6.03 Å². The third kappa shape index (κ3) is 4.80. The molecule has 1 aliphatic carbocycles. The summed E-state index contributed by atoms with van der Waals surface area (Å²) < 4.78 is 13.8. The molecule has 2 aromatic carbocycles. The Hall–Kier alpha value is -3.13. The molecular weight excluding hydrogens is 423 g/mol. The Labute approximate surface area is 183 Å². The van der Waals surface area contributed by atoms with Crippen LogP contribution in [0.15, 0.2) is 42.5 Å². The predicted molar refractivity (Wildman–Crippen MR) is 114 cm³/mol. The third-order valence-electron chi connectivity index (χ3n) is 5.51. The number of carbonyl (C=O) groups is 3. The molecule has 1 atom stereocenters. The maximum Gasteiger partial charge on any atom is 0.318 e. The fraction of sp³-hybridized carbons (Fsp3) is 0.318. The Morgan fingerprint density at radius 1 is 1.19 bits per heavy atom. The maximum absolute atomic E-state index is 13.8. The standard InChI is InChI=1S/C22H22ClFN4O3/c23-18-8-7-17(10-19(18)24)27-12-15(9-20(27)29)26-22(31)28(16-5-6-16)11-13-1-3-14(4-2-13)21(25)30/h1-4,7-8,10,15-16H,5-6,9,11-12H2,(H2,25,30)(H,26,31). The van der Waals surface area contributed by atoms with E-state index in [1.807, 2.05) is 0 Å². The molecule has 2 aliphatic rings. The number of amides is 4. The zero-order valence-electron chi connectivity index (χ0n) is 16.7. The molecule has 1 unspecified atom stereocenters. The number of nitrogens with zero attached hydrogens (tertiary/aromatic N) is 2.